The smallest absolute Gasteiger partial charge is 0.387 e. The van der Waals surface area contributed by atoms with Crippen molar-refractivity contribution in [2.24, 2.45) is 0 Å². The molecule has 8 heteroatoms. The van der Waals surface area contributed by atoms with Gasteiger partial charge in [0.2, 0.25) is 0 Å². The number of para-hydroxylation sites is 1. The fourth-order valence-corrected chi connectivity index (χ4v) is 3.35. The molecular formula is C21H19F3N2O3. The van der Waals surface area contributed by atoms with Crippen molar-refractivity contribution in [3.8, 4) is 0 Å². The summed E-state index contributed by atoms with van der Waals surface area (Å²) >= 11 is 0. The van der Waals surface area contributed by atoms with Gasteiger partial charge < -0.3 is 10.4 Å². The zero-order chi connectivity index (χ0) is 21.2. The zero-order valence-corrected chi connectivity index (χ0v) is 15.5. The summed E-state index contributed by atoms with van der Waals surface area (Å²) in [4.78, 5) is 26.3. The Labute approximate surface area is 165 Å². The van der Waals surface area contributed by atoms with Crippen molar-refractivity contribution < 1.29 is 27.9 Å². The Bertz CT molecular complexity index is 970. The van der Waals surface area contributed by atoms with Gasteiger partial charge in [-0.15, -0.1) is 0 Å². The number of nitrogens with one attached hydrogen (secondary N) is 1. The van der Waals surface area contributed by atoms with Gasteiger partial charge in [-0.05, 0) is 35.7 Å². The van der Waals surface area contributed by atoms with E-state index in [0.29, 0.717) is 28.8 Å². The van der Waals surface area contributed by atoms with Crippen LogP contribution in [0.5, 0.6) is 0 Å². The summed E-state index contributed by atoms with van der Waals surface area (Å²) in [5, 5.41) is 12.1. The number of halogens is 3. The second kappa shape index (κ2) is 8.08. The number of carbonyl (C=O) groups is 2. The summed E-state index contributed by atoms with van der Waals surface area (Å²) in [6.45, 7) is 0.930. The van der Waals surface area contributed by atoms with Gasteiger partial charge in [0, 0.05) is 23.7 Å². The van der Waals surface area contributed by atoms with Gasteiger partial charge in [-0.2, -0.15) is 13.2 Å². The number of benzene rings is 2. The van der Waals surface area contributed by atoms with Crippen LogP contribution in [0.15, 0.2) is 48.5 Å². The van der Waals surface area contributed by atoms with Gasteiger partial charge in [0.05, 0.1) is 0 Å². The van der Waals surface area contributed by atoms with E-state index in [9.17, 15) is 27.9 Å². The molecule has 1 aliphatic heterocycles. The average Bonchev–Trinajstić information content (AvgIpc) is 3.03. The number of anilines is 1. The maximum atomic E-state index is 12.7. The molecule has 0 radical (unpaired) electrons. The molecule has 0 aromatic heterocycles. The minimum atomic E-state index is -4.41. The molecule has 1 unspecified atom stereocenters. The van der Waals surface area contributed by atoms with Crippen LogP contribution in [-0.2, 0) is 11.2 Å². The number of carbonyl (C=O) groups excluding carboxylic acids is 2. The molecule has 152 valence electrons. The van der Waals surface area contributed by atoms with Gasteiger partial charge in [0.25, 0.3) is 11.8 Å². The largest absolute Gasteiger partial charge is 0.409 e. The summed E-state index contributed by atoms with van der Waals surface area (Å²) < 4.78 is 37.0. The van der Waals surface area contributed by atoms with E-state index in [-0.39, 0.29) is 6.08 Å². The lowest BCUT2D eigenvalue weighted by Crippen LogP contribution is -2.50. The zero-order valence-electron chi connectivity index (χ0n) is 15.5. The van der Waals surface area contributed by atoms with Gasteiger partial charge in [-0.25, -0.2) is 0 Å². The highest BCUT2D eigenvalue weighted by atomic mass is 19.4. The molecule has 0 aliphatic carbocycles. The van der Waals surface area contributed by atoms with Crippen molar-refractivity contribution in [2.75, 3.05) is 11.5 Å². The molecule has 2 aromatic carbocycles. The van der Waals surface area contributed by atoms with Crippen LogP contribution in [0.4, 0.5) is 18.9 Å². The number of hydrogen-bond acceptors (Lipinski definition) is 3. The lowest BCUT2D eigenvalue weighted by molar-refractivity contribution is -0.121. The van der Waals surface area contributed by atoms with E-state index >= 15 is 0 Å². The van der Waals surface area contributed by atoms with Crippen molar-refractivity contribution >= 4 is 23.6 Å². The first kappa shape index (κ1) is 20.6. The minimum Gasteiger partial charge on any atom is -0.387 e. The predicted molar refractivity (Wildman–Crippen MR) is 102 cm³/mol. The third kappa shape index (κ3) is 4.65. The summed E-state index contributed by atoms with van der Waals surface area (Å²) in [6.07, 6.45) is -3.62. The second-order valence-corrected chi connectivity index (χ2v) is 6.69. The normalized spacial score (nSPS) is 16.2. The number of nitrogens with zero attached hydrogens (tertiary/aromatic N) is 1. The summed E-state index contributed by atoms with van der Waals surface area (Å²) in [7, 11) is 0. The van der Waals surface area contributed by atoms with Crippen LogP contribution in [0.25, 0.3) is 6.08 Å². The molecular weight excluding hydrogens is 385 g/mol. The van der Waals surface area contributed by atoms with Crippen LogP contribution >= 0.6 is 0 Å². The van der Waals surface area contributed by atoms with E-state index in [2.05, 4.69) is 5.32 Å². The number of fused-ring (bicyclic) bond motifs is 1. The van der Waals surface area contributed by atoms with E-state index in [1.165, 1.54) is 23.1 Å². The first-order valence-electron chi connectivity index (χ1n) is 8.88. The minimum absolute atomic E-state index is 0.135. The van der Waals surface area contributed by atoms with Crippen molar-refractivity contribution in [2.45, 2.75) is 25.7 Å². The van der Waals surface area contributed by atoms with Gasteiger partial charge in [-0.1, -0.05) is 36.4 Å². The second-order valence-electron chi connectivity index (χ2n) is 6.69. The highest BCUT2D eigenvalue weighted by Crippen LogP contribution is 2.31. The van der Waals surface area contributed by atoms with E-state index in [0.717, 1.165) is 11.6 Å². The number of alkyl halides is 3. The van der Waals surface area contributed by atoms with Gasteiger partial charge in [0.1, 0.15) is 12.8 Å². The number of aryl methyl sites for hydroxylation is 1. The molecule has 1 atom stereocenters. The SMILES string of the molecule is Cc1cc(/C=C/C(F)(F)F)ccc1C(=O)NC1Cc2ccccc2N1C(=O)CO. The quantitative estimate of drug-likeness (QED) is 0.822. The number of rotatable bonds is 4. The van der Waals surface area contributed by atoms with Crippen molar-refractivity contribution in [1.82, 2.24) is 5.32 Å². The molecule has 2 N–H and O–H groups in total. The van der Waals surface area contributed by atoms with Crippen molar-refractivity contribution in [3.05, 3.63) is 70.8 Å². The van der Waals surface area contributed by atoms with Crippen LogP contribution in [0, 0.1) is 6.92 Å². The number of aliphatic hydroxyl groups is 1. The highest BCUT2D eigenvalue weighted by molar-refractivity contribution is 6.00. The number of hydrogen-bond donors (Lipinski definition) is 2. The molecule has 5 nitrogen and oxygen atoms in total. The van der Waals surface area contributed by atoms with Crippen LogP contribution < -0.4 is 10.2 Å². The molecule has 0 saturated heterocycles. The Morgan fingerprint density at radius 3 is 2.62 bits per heavy atom. The summed E-state index contributed by atoms with van der Waals surface area (Å²) in [5.41, 5.74) is 2.61. The van der Waals surface area contributed by atoms with E-state index in [1.807, 2.05) is 12.1 Å². The Morgan fingerprint density at radius 2 is 1.97 bits per heavy atom. The molecule has 0 spiro atoms. The monoisotopic (exact) mass is 404 g/mol. The fourth-order valence-electron chi connectivity index (χ4n) is 3.35. The number of allylic oxidation sites excluding steroid dienone is 1. The maximum absolute atomic E-state index is 12.7. The maximum Gasteiger partial charge on any atom is 0.409 e. The Kier molecular flexibility index (Phi) is 5.74. The summed E-state index contributed by atoms with van der Waals surface area (Å²) in [6, 6.07) is 11.5. The van der Waals surface area contributed by atoms with Crippen LogP contribution in [0.1, 0.15) is 27.0 Å². The van der Waals surface area contributed by atoms with Crippen LogP contribution in [0.3, 0.4) is 0 Å². The lowest BCUT2D eigenvalue weighted by atomic mass is 10.0. The third-order valence-corrected chi connectivity index (χ3v) is 4.64. The first-order valence-corrected chi connectivity index (χ1v) is 8.88. The van der Waals surface area contributed by atoms with Crippen LogP contribution in [0.2, 0.25) is 0 Å². The molecule has 3 rings (SSSR count). The number of amides is 2. The highest BCUT2D eigenvalue weighted by Gasteiger charge is 2.34. The van der Waals surface area contributed by atoms with Crippen molar-refractivity contribution in [1.29, 1.82) is 0 Å². The fraction of sp³-hybridized carbons (Fsp3) is 0.238. The lowest BCUT2D eigenvalue weighted by Gasteiger charge is -2.26. The topological polar surface area (TPSA) is 69.6 Å². The summed E-state index contributed by atoms with van der Waals surface area (Å²) in [5.74, 6) is -0.994. The molecule has 1 heterocycles. The molecule has 0 fully saturated rings. The standard InChI is InChI=1S/C21H19F3N2O3/c1-13-10-14(8-9-21(22,23)24)6-7-16(13)20(29)25-18-11-15-4-2-3-5-17(15)26(18)19(28)12-27/h2-10,18,27H,11-12H2,1H3,(H,25,29)/b9-8+. The Balaban J connectivity index is 1.79. The van der Waals surface area contributed by atoms with E-state index in [4.69, 9.17) is 0 Å². The van der Waals surface area contributed by atoms with Gasteiger partial charge >= 0.3 is 6.18 Å². The molecule has 2 amide bonds. The molecule has 1 aliphatic rings. The van der Waals surface area contributed by atoms with E-state index in [1.54, 1.807) is 19.1 Å². The van der Waals surface area contributed by atoms with E-state index < -0.39 is 30.8 Å². The number of aliphatic hydroxyl groups excluding tert-OH is 1. The van der Waals surface area contributed by atoms with Crippen molar-refractivity contribution in [3.63, 3.8) is 0 Å². The van der Waals surface area contributed by atoms with Gasteiger partial charge in [0.15, 0.2) is 0 Å². The predicted octanol–water partition coefficient (Wildman–Crippen LogP) is 3.21. The molecule has 0 bridgehead atoms. The molecule has 2 aromatic rings. The Morgan fingerprint density at radius 1 is 1.24 bits per heavy atom. The molecule has 0 saturated carbocycles. The Hall–Kier alpha value is -3.13. The average molecular weight is 404 g/mol. The first-order chi connectivity index (χ1) is 13.7. The van der Waals surface area contributed by atoms with Gasteiger partial charge in [-0.3, -0.25) is 14.5 Å². The van der Waals surface area contributed by atoms with Crippen LogP contribution in [-0.4, -0.2) is 35.9 Å². The third-order valence-electron chi connectivity index (χ3n) is 4.64. The molecule has 29 heavy (non-hydrogen) atoms.